The zero-order chi connectivity index (χ0) is 13.8. The number of hydrogen-bond acceptors (Lipinski definition) is 1. The predicted molar refractivity (Wildman–Crippen MR) is 83.4 cm³/mol. The molecule has 2 rings (SSSR count). The van der Waals surface area contributed by atoms with Crippen LogP contribution >= 0.6 is 11.6 Å². The van der Waals surface area contributed by atoms with Gasteiger partial charge in [0.05, 0.1) is 0 Å². The van der Waals surface area contributed by atoms with Crippen molar-refractivity contribution in [3.8, 4) is 0 Å². The second-order valence-corrected chi connectivity index (χ2v) is 4.96. The van der Waals surface area contributed by atoms with Gasteiger partial charge in [-0.05, 0) is 50.4 Å². The third-order valence-corrected chi connectivity index (χ3v) is 3.29. The smallest absolute Gasteiger partial charge is 0.0435 e. The minimum absolute atomic E-state index is 0.840. The standard InChI is InChI=1S/C7H7Cl.C7H15N.C2H6/c1-6-4-2-3-5-7(6)8;1-7-4-2-3-5-8-6-7;1-2/h2-5H,1H3;7-8H,2-6H2,1H3;1-2H3. The van der Waals surface area contributed by atoms with Crippen LogP contribution in [0.1, 0.15) is 45.6 Å². The van der Waals surface area contributed by atoms with E-state index in [1.165, 1.54) is 32.4 Å². The van der Waals surface area contributed by atoms with Crippen LogP contribution in [0.15, 0.2) is 24.3 Å². The normalized spacial score (nSPS) is 18.6. The lowest BCUT2D eigenvalue weighted by atomic mass is 10.1. The summed E-state index contributed by atoms with van der Waals surface area (Å²) in [4.78, 5) is 0. The maximum atomic E-state index is 5.71. The van der Waals surface area contributed by atoms with Gasteiger partial charge in [0.15, 0.2) is 0 Å². The van der Waals surface area contributed by atoms with Crippen LogP contribution in [0.4, 0.5) is 0 Å². The first-order chi connectivity index (χ1) is 8.70. The largest absolute Gasteiger partial charge is 0.316 e. The lowest BCUT2D eigenvalue weighted by Crippen LogP contribution is -2.18. The molecular formula is C16H28ClN. The van der Waals surface area contributed by atoms with Crippen molar-refractivity contribution in [2.75, 3.05) is 13.1 Å². The predicted octanol–water partition coefficient (Wildman–Crippen LogP) is 5.07. The number of aryl methyl sites for hydroxylation is 1. The summed E-state index contributed by atoms with van der Waals surface area (Å²) in [5.41, 5.74) is 1.13. The fraction of sp³-hybridized carbons (Fsp3) is 0.625. The van der Waals surface area contributed by atoms with Gasteiger partial charge >= 0.3 is 0 Å². The number of nitrogens with one attached hydrogen (secondary N) is 1. The highest BCUT2D eigenvalue weighted by molar-refractivity contribution is 6.31. The van der Waals surface area contributed by atoms with Gasteiger partial charge in [-0.1, -0.05) is 57.0 Å². The molecule has 0 aromatic heterocycles. The van der Waals surface area contributed by atoms with E-state index in [1.807, 2.05) is 45.0 Å². The van der Waals surface area contributed by atoms with Crippen molar-refractivity contribution in [1.29, 1.82) is 0 Å². The van der Waals surface area contributed by atoms with E-state index in [0.29, 0.717) is 0 Å². The van der Waals surface area contributed by atoms with Gasteiger partial charge in [-0.15, -0.1) is 0 Å². The van der Waals surface area contributed by atoms with Gasteiger partial charge in [0, 0.05) is 5.02 Å². The molecule has 1 saturated heterocycles. The molecule has 2 heteroatoms. The highest BCUT2D eigenvalue weighted by atomic mass is 35.5. The van der Waals surface area contributed by atoms with E-state index in [0.717, 1.165) is 16.5 Å². The molecule has 1 fully saturated rings. The summed E-state index contributed by atoms with van der Waals surface area (Å²) in [5, 5.41) is 4.24. The zero-order valence-electron chi connectivity index (χ0n) is 12.3. The number of rotatable bonds is 0. The summed E-state index contributed by atoms with van der Waals surface area (Å²) in [6.45, 7) is 10.8. The molecule has 1 nitrogen and oxygen atoms in total. The molecule has 0 spiro atoms. The van der Waals surface area contributed by atoms with Crippen LogP contribution in [0.5, 0.6) is 0 Å². The Bertz CT molecular complexity index is 270. The summed E-state index contributed by atoms with van der Waals surface area (Å²) >= 11 is 5.71. The molecule has 1 aliphatic heterocycles. The summed E-state index contributed by atoms with van der Waals surface area (Å²) in [6.07, 6.45) is 4.23. The van der Waals surface area contributed by atoms with Crippen molar-refractivity contribution in [3.05, 3.63) is 34.9 Å². The van der Waals surface area contributed by atoms with Crippen LogP contribution in [0, 0.1) is 12.8 Å². The molecule has 0 aliphatic carbocycles. The second-order valence-electron chi connectivity index (χ2n) is 4.55. The van der Waals surface area contributed by atoms with Gasteiger partial charge in [-0.2, -0.15) is 0 Å². The van der Waals surface area contributed by atoms with E-state index in [-0.39, 0.29) is 0 Å². The van der Waals surface area contributed by atoms with E-state index < -0.39 is 0 Å². The van der Waals surface area contributed by atoms with Gasteiger partial charge in [-0.3, -0.25) is 0 Å². The number of benzene rings is 1. The Balaban J connectivity index is 0.000000283. The SMILES string of the molecule is CC.CC1CCCCNC1.Cc1ccccc1Cl. The monoisotopic (exact) mass is 269 g/mol. The Kier molecular flexibility index (Phi) is 11.2. The van der Waals surface area contributed by atoms with E-state index in [1.54, 1.807) is 0 Å². The Morgan fingerprint density at radius 1 is 1.17 bits per heavy atom. The van der Waals surface area contributed by atoms with E-state index in [9.17, 15) is 0 Å². The maximum absolute atomic E-state index is 5.71. The molecule has 1 atom stereocenters. The Labute approximate surface area is 118 Å². The summed E-state index contributed by atoms with van der Waals surface area (Å²) in [7, 11) is 0. The van der Waals surface area contributed by atoms with Crippen LogP contribution in [-0.4, -0.2) is 13.1 Å². The maximum Gasteiger partial charge on any atom is 0.0435 e. The molecule has 0 amide bonds. The number of halogens is 1. The van der Waals surface area contributed by atoms with E-state index in [4.69, 9.17) is 11.6 Å². The van der Waals surface area contributed by atoms with Crippen molar-refractivity contribution in [3.63, 3.8) is 0 Å². The first-order valence-electron chi connectivity index (χ1n) is 7.12. The van der Waals surface area contributed by atoms with Crippen LogP contribution in [0.3, 0.4) is 0 Å². The molecule has 0 saturated carbocycles. The lowest BCUT2D eigenvalue weighted by Gasteiger charge is -2.03. The third-order valence-electron chi connectivity index (χ3n) is 2.87. The summed E-state index contributed by atoms with van der Waals surface area (Å²) < 4.78 is 0. The Morgan fingerprint density at radius 3 is 2.39 bits per heavy atom. The minimum atomic E-state index is 0.840. The van der Waals surface area contributed by atoms with E-state index in [2.05, 4.69) is 12.2 Å². The number of hydrogen-bond donors (Lipinski definition) is 1. The van der Waals surface area contributed by atoms with Crippen LogP contribution in [-0.2, 0) is 0 Å². The average molecular weight is 270 g/mol. The topological polar surface area (TPSA) is 12.0 Å². The van der Waals surface area contributed by atoms with Crippen molar-refractivity contribution in [2.24, 2.45) is 5.92 Å². The fourth-order valence-electron chi connectivity index (χ4n) is 1.74. The second kappa shape index (κ2) is 11.6. The highest BCUT2D eigenvalue weighted by Crippen LogP contribution is 2.12. The van der Waals surface area contributed by atoms with Crippen LogP contribution in [0.25, 0.3) is 0 Å². The molecule has 0 bridgehead atoms. The first-order valence-corrected chi connectivity index (χ1v) is 7.50. The lowest BCUT2D eigenvalue weighted by molar-refractivity contribution is 0.525. The third kappa shape index (κ3) is 8.54. The molecule has 18 heavy (non-hydrogen) atoms. The Hall–Kier alpha value is -0.530. The molecule has 1 unspecified atom stereocenters. The van der Waals surface area contributed by atoms with E-state index >= 15 is 0 Å². The summed E-state index contributed by atoms with van der Waals surface area (Å²) in [6, 6.07) is 7.77. The molecular weight excluding hydrogens is 242 g/mol. The van der Waals surface area contributed by atoms with Crippen molar-refractivity contribution >= 4 is 11.6 Å². The van der Waals surface area contributed by atoms with Crippen molar-refractivity contribution in [2.45, 2.75) is 47.0 Å². The summed E-state index contributed by atoms with van der Waals surface area (Å²) in [5.74, 6) is 0.914. The molecule has 1 aliphatic rings. The van der Waals surface area contributed by atoms with Gasteiger partial charge in [-0.25, -0.2) is 0 Å². The molecule has 1 aromatic rings. The van der Waals surface area contributed by atoms with Crippen molar-refractivity contribution in [1.82, 2.24) is 5.32 Å². The quantitative estimate of drug-likeness (QED) is 0.693. The minimum Gasteiger partial charge on any atom is -0.316 e. The Morgan fingerprint density at radius 2 is 1.83 bits per heavy atom. The van der Waals surface area contributed by atoms with Gasteiger partial charge in [0.25, 0.3) is 0 Å². The first kappa shape index (κ1) is 17.5. The van der Waals surface area contributed by atoms with Gasteiger partial charge in [0.1, 0.15) is 0 Å². The van der Waals surface area contributed by atoms with Gasteiger partial charge < -0.3 is 5.32 Å². The molecule has 1 aromatic carbocycles. The van der Waals surface area contributed by atoms with Crippen molar-refractivity contribution < 1.29 is 0 Å². The highest BCUT2D eigenvalue weighted by Gasteiger charge is 2.04. The van der Waals surface area contributed by atoms with Gasteiger partial charge in [0.2, 0.25) is 0 Å². The fourth-order valence-corrected chi connectivity index (χ4v) is 1.88. The molecule has 1 N–H and O–H groups in total. The van der Waals surface area contributed by atoms with Crippen LogP contribution in [0.2, 0.25) is 5.02 Å². The zero-order valence-corrected chi connectivity index (χ0v) is 13.1. The molecule has 104 valence electrons. The average Bonchev–Trinajstić information content (AvgIpc) is 2.64. The molecule has 0 radical (unpaired) electrons. The molecule has 1 heterocycles. The van der Waals surface area contributed by atoms with Crippen LogP contribution < -0.4 is 5.32 Å².